The number of hydrogen-bond acceptors (Lipinski definition) is 5. The maximum Gasteiger partial charge on any atom is 0.261 e. The van der Waals surface area contributed by atoms with E-state index in [2.05, 4.69) is 20.6 Å². The fourth-order valence-corrected chi connectivity index (χ4v) is 2.69. The Bertz CT molecular complexity index is 876. The van der Waals surface area contributed by atoms with Gasteiger partial charge >= 0.3 is 0 Å². The Morgan fingerprint density at radius 3 is 2.74 bits per heavy atom. The molecule has 0 saturated heterocycles. The lowest BCUT2D eigenvalue weighted by molar-refractivity contribution is 0.102. The number of aromatic nitrogens is 4. The minimum Gasteiger partial charge on any atom is -0.296 e. The number of rotatable bonds is 3. The number of hydrogen-bond donors (Lipinski definition) is 1. The monoisotopic (exact) mass is 335 g/mol. The van der Waals surface area contributed by atoms with Crippen LogP contribution in [0.1, 0.15) is 21.7 Å². The fraction of sp³-hybridized carbons (Fsp3) is 0.143. The Hall–Kier alpha value is -2.68. The standard InChI is InChI=1S/C14H11F2N5OS/c1-7-12(13(22)18-14-19-17-6-23-14)8(2)21(20-7)11-4-3-9(15)5-10(11)16/h3-6H,1-2H3,(H,18,19,22). The average Bonchev–Trinajstić information content (AvgIpc) is 3.07. The Balaban J connectivity index is 2.01. The van der Waals surface area contributed by atoms with E-state index in [0.29, 0.717) is 22.1 Å². The second-order valence-corrected chi connectivity index (χ2v) is 5.58. The largest absolute Gasteiger partial charge is 0.296 e. The van der Waals surface area contributed by atoms with Gasteiger partial charge in [-0.15, -0.1) is 10.2 Å². The summed E-state index contributed by atoms with van der Waals surface area (Å²) in [5.74, 6) is -1.85. The third-order valence-corrected chi connectivity index (χ3v) is 3.84. The second-order valence-electron chi connectivity index (χ2n) is 4.75. The molecule has 1 N–H and O–H groups in total. The molecule has 0 saturated carbocycles. The molecule has 9 heteroatoms. The molecule has 2 heterocycles. The SMILES string of the molecule is Cc1nn(-c2ccc(F)cc2F)c(C)c1C(=O)Nc1nncs1. The third-order valence-electron chi connectivity index (χ3n) is 3.24. The molecular weight excluding hydrogens is 324 g/mol. The summed E-state index contributed by atoms with van der Waals surface area (Å²) in [5.41, 5.74) is 2.74. The van der Waals surface area contributed by atoms with Crippen LogP contribution in [0.4, 0.5) is 13.9 Å². The summed E-state index contributed by atoms with van der Waals surface area (Å²) in [4.78, 5) is 12.4. The van der Waals surface area contributed by atoms with E-state index in [-0.39, 0.29) is 5.69 Å². The lowest BCUT2D eigenvalue weighted by Crippen LogP contribution is -2.14. The fourth-order valence-electron chi connectivity index (χ4n) is 2.25. The summed E-state index contributed by atoms with van der Waals surface area (Å²) in [6, 6.07) is 3.18. The van der Waals surface area contributed by atoms with Gasteiger partial charge in [0.2, 0.25) is 5.13 Å². The zero-order valence-electron chi connectivity index (χ0n) is 12.2. The van der Waals surface area contributed by atoms with Gasteiger partial charge in [-0.25, -0.2) is 13.5 Å². The predicted octanol–water partition coefficient (Wildman–Crippen LogP) is 2.87. The molecule has 0 aliphatic rings. The van der Waals surface area contributed by atoms with E-state index in [9.17, 15) is 13.6 Å². The third kappa shape index (κ3) is 2.82. The molecule has 3 aromatic rings. The number of aryl methyl sites for hydroxylation is 1. The minimum absolute atomic E-state index is 0.0713. The molecular formula is C14H11F2N5OS. The van der Waals surface area contributed by atoms with Gasteiger partial charge in [0.05, 0.1) is 17.0 Å². The summed E-state index contributed by atoms with van der Waals surface area (Å²) in [7, 11) is 0. The van der Waals surface area contributed by atoms with E-state index in [1.807, 2.05) is 0 Å². The van der Waals surface area contributed by atoms with Gasteiger partial charge in [0.15, 0.2) is 5.82 Å². The highest BCUT2D eigenvalue weighted by Gasteiger charge is 2.21. The lowest BCUT2D eigenvalue weighted by Gasteiger charge is -2.06. The van der Waals surface area contributed by atoms with Crippen molar-refractivity contribution in [3.8, 4) is 5.69 Å². The second kappa shape index (κ2) is 5.84. The number of halogens is 2. The number of nitrogens with one attached hydrogen (secondary N) is 1. The van der Waals surface area contributed by atoms with Crippen molar-refractivity contribution in [2.75, 3.05) is 5.32 Å². The Labute approximate surface area is 133 Å². The van der Waals surface area contributed by atoms with Crippen molar-refractivity contribution < 1.29 is 13.6 Å². The topological polar surface area (TPSA) is 72.7 Å². The molecule has 0 radical (unpaired) electrons. The van der Waals surface area contributed by atoms with Gasteiger partial charge in [-0.3, -0.25) is 10.1 Å². The highest BCUT2D eigenvalue weighted by atomic mass is 32.1. The van der Waals surface area contributed by atoms with E-state index in [1.54, 1.807) is 13.8 Å². The molecule has 23 heavy (non-hydrogen) atoms. The van der Waals surface area contributed by atoms with Crippen LogP contribution in [-0.2, 0) is 0 Å². The molecule has 6 nitrogen and oxygen atoms in total. The molecule has 1 amide bonds. The van der Waals surface area contributed by atoms with Crippen LogP contribution in [0.25, 0.3) is 5.69 Å². The first kappa shape index (κ1) is 15.2. The predicted molar refractivity (Wildman–Crippen MR) is 80.8 cm³/mol. The number of nitrogens with zero attached hydrogens (tertiary/aromatic N) is 4. The molecule has 3 rings (SSSR count). The maximum atomic E-state index is 13.9. The summed E-state index contributed by atoms with van der Waals surface area (Å²) in [6.45, 7) is 3.28. The Kier molecular flexibility index (Phi) is 3.87. The summed E-state index contributed by atoms with van der Waals surface area (Å²) in [6.07, 6.45) is 0. The number of amides is 1. The molecule has 0 unspecified atom stereocenters. The van der Waals surface area contributed by atoms with Crippen molar-refractivity contribution in [2.45, 2.75) is 13.8 Å². The van der Waals surface area contributed by atoms with Crippen molar-refractivity contribution in [1.29, 1.82) is 0 Å². The quantitative estimate of drug-likeness (QED) is 0.799. The molecule has 0 spiro atoms. The van der Waals surface area contributed by atoms with Gasteiger partial charge in [-0.2, -0.15) is 5.10 Å². The van der Waals surface area contributed by atoms with E-state index < -0.39 is 17.5 Å². The van der Waals surface area contributed by atoms with Crippen LogP contribution in [0.5, 0.6) is 0 Å². The van der Waals surface area contributed by atoms with Crippen molar-refractivity contribution in [3.05, 3.63) is 52.3 Å². The zero-order valence-corrected chi connectivity index (χ0v) is 13.0. The molecule has 0 aliphatic heterocycles. The van der Waals surface area contributed by atoms with Crippen LogP contribution in [-0.4, -0.2) is 25.9 Å². The van der Waals surface area contributed by atoms with Crippen LogP contribution >= 0.6 is 11.3 Å². The summed E-state index contributed by atoms with van der Waals surface area (Å²) in [5, 5.41) is 14.5. The molecule has 0 fully saturated rings. The van der Waals surface area contributed by atoms with Crippen molar-refractivity contribution in [3.63, 3.8) is 0 Å². The van der Waals surface area contributed by atoms with Gasteiger partial charge in [0, 0.05) is 6.07 Å². The van der Waals surface area contributed by atoms with Crippen LogP contribution in [0.15, 0.2) is 23.7 Å². The summed E-state index contributed by atoms with van der Waals surface area (Å²) < 4.78 is 28.3. The smallest absolute Gasteiger partial charge is 0.261 e. The van der Waals surface area contributed by atoms with Crippen LogP contribution in [0, 0.1) is 25.5 Å². The van der Waals surface area contributed by atoms with Gasteiger partial charge in [-0.1, -0.05) is 11.3 Å². The van der Waals surface area contributed by atoms with Crippen molar-refractivity contribution in [1.82, 2.24) is 20.0 Å². The first-order chi connectivity index (χ1) is 11.0. The van der Waals surface area contributed by atoms with E-state index in [4.69, 9.17) is 0 Å². The molecule has 2 aromatic heterocycles. The normalized spacial score (nSPS) is 10.8. The summed E-state index contributed by atoms with van der Waals surface area (Å²) >= 11 is 1.18. The minimum atomic E-state index is -0.758. The molecule has 118 valence electrons. The average molecular weight is 335 g/mol. The van der Waals surface area contributed by atoms with E-state index in [1.165, 1.54) is 27.6 Å². The first-order valence-electron chi connectivity index (χ1n) is 6.56. The first-order valence-corrected chi connectivity index (χ1v) is 7.44. The van der Waals surface area contributed by atoms with Crippen LogP contribution in [0.3, 0.4) is 0 Å². The highest BCUT2D eigenvalue weighted by molar-refractivity contribution is 7.13. The number of carbonyl (C=O) groups excluding carboxylic acids is 1. The number of benzene rings is 1. The van der Waals surface area contributed by atoms with Gasteiger partial charge in [-0.05, 0) is 26.0 Å². The van der Waals surface area contributed by atoms with Gasteiger partial charge in [0.25, 0.3) is 5.91 Å². The molecule has 0 aliphatic carbocycles. The highest BCUT2D eigenvalue weighted by Crippen LogP contribution is 2.22. The van der Waals surface area contributed by atoms with Crippen molar-refractivity contribution >= 4 is 22.4 Å². The molecule has 0 bridgehead atoms. The number of anilines is 1. The maximum absolute atomic E-state index is 13.9. The van der Waals surface area contributed by atoms with E-state index >= 15 is 0 Å². The Morgan fingerprint density at radius 2 is 2.09 bits per heavy atom. The van der Waals surface area contributed by atoms with Gasteiger partial charge < -0.3 is 0 Å². The van der Waals surface area contributed by atoms with Crippen LogP contribution < -0.4 is 5.32 Å². The van der Waals surface area contributed by atoms with Crippen LogP contribution in [0.2, 0.25) is 0 Å². The van der Waals surface area contributed by atoms with Gasteiger partial charge in [0.1, 0.15) is 17.0 Å². The molecule has 1 aromatic carbocycles. The number of carbonyl (C=O) groups is 1. The van der Waals surface area contributed by atoms with Crippen molar-refractivity contribution in [2.24, 2.45) is 0 Å². The van der Waals surface area contributed by atoms with E-state index in [0.717, 1.165) is 12.1 Å². The molecule has 0 atom stereocenters. The zero-order chi connectivity index (χ0) is 16.6. The Morgan fingerprint density at radius 1 is 1.30 bits per heavy atom. The lowest BCUT2D eigenvalue weighted by atomic mass is 10.2.